The summed E-state index contributed by atoms with van der Waals surface area (Å²) >= 11 is 5.93. The van der Waals surface area contributed by atoms with Gasteiger partial charge < -0.3 is 10.1 Å². The molecule has 2 rings (SSSR count). The van der Waals surface area contributed by atoms with Crippen molar-refractivity contribution in [3.05, 3.63) is 52.8 Å². The minimum Gasteiger partial charge on any atom is -0.495 e. The Bertz CT molecular complexity index is 695. The van der Waals surface area contributed by atoms with Gasteiger partial charge in [0.25, 0.3) is 5.91 Å². The highest BCUT2D eigenvalue weighted by molar-refractivity contribution is 6.34. The van der Waals surface area contributed by atoms with Gasteiger partial charge in [-0.1, -0.05) is 11.6 Å². The van der Waals surface area contributed by atoms with Gasteiger partial charge in [0.05, 0.1) is 35.0 Å². The lowest BCUT2D eigenvalue weighted by Crippen LogP contribution is -2.13. The average Bonchev–Trinajstić information content (AvgIpc) is 2.48. The number of methoxy groups -OCH3 is 1. The molecule has 0 saturated carbocycles. The van der Waals surface area contributed by atoms with E-state index in [1.807, 2.05) is 6.07 Å². The van der Waals surface area contributed by atoms with Crippen LogP contribution in [0.25, 0.3) is 0 Å². The van der Waals surface area contributed by atoms with E-state index >= 15 is 0 Å². The fourth-order valence-electron chi connectivity index (χ4n) is 1.60. The van der Waals surface area contributed by atoms with Gasteiger partial charge in [-0.25, -0.2) is 0 Å². The molecule has 0 bridgehead atoms. The van der Waals surface area contributed by atoms with E-state index in [1.54, 1.807) is 18.2 Å². The Morgan fingerprint density at radius 2 is 2.25 bits per heavy atom. The van der Waals surface area contributed by atoms with Gasteiger partial charge in [0.2, 0.25) is 0 Å². The molecule has 100 valence electrons. The molecule has 0 aliphatic heterocycles. The maximum atomic E-state index is 12.1. The van der Waals surface area contributed by atoms with Gasteiger partial charge in [0, 0.05) is 18.5 Å². The average molecular weight is 288 g/mol. The number of nitrogens with zero attached hydrogens (tertiary/aromatic N) is 2. The highest BCUT2D eigenvalue weighted by atomic mass is 35.5. The molecular weight excluding hydrogens is 278 g/mol. The molecule has 1 N–H and O–H groups in total. The monoisotopic (exact) mass is 287 g/mol. The molecule has 6 heteroatoms. The van der Waals surface area contributed by atoms with Crippen molar-refractivity contribution in [2.24, 2.45) is 0 Å². The van der Waals surface area contributed by atoms with Crippen LogP contribution in [0.4, 0.5) is 5.69 Å². The molecule has 0 unspecified atom stereocenters. The highest BCUT2D eigenvalue weighted by Gasteiger charge is 2.13. The lowest BCUT2D eigenvalue weighted by atomic mass is 10.2. The van der Waals surface area contributed by atoms with Crippen LogP contribution in [0.15, 0.2) is 36.7 Å². The van der Waals surface area contributed by atoms with Crippen LogP contribution in [-0.4, -0.2) is 18.0 Å². The van der Waals surface area contributed by atoms with Crippen molar-refractivity contribution < 1.29 is 9.53 Å². The lowest BCUT2D eigenvalue weighted by molar-refractivity contribution is 0.102. The molecule has 2 aromatic rings. The van der Waals surface area contributed by atoms with E-state index in [0.29, 0.717) is 22.0 Å². The Morgan fingerprint density at radius 1 is 1.45 bits per heavy atom. The number of halogens is 1. The summed E-state index contributed by atoms with van der Waals surface area (Å²) < 4.78 is 5.14. The number of pyridine rings is 1. The van der Waals surface area contributed by atoms with Gasteiger partial charge >= 0.3 is 0 Å². The third-order valence-corrected chi connectivity index (χ3v) is 2.92. The second kappa shape index (κ2) is 6.04. The Kier molecular flexibility index (Phi) is 4.18. The number of aromatic nitrogens is 1. The van der Waals surface area contributed by atoms with Gasteiger partial charge in [-0.3, -0.25) is 9.78 Å². The molecule has 1 aromatic carbocycles. The first kappa shape index (κ1) is 13.8. The Hall–Kier alpha value is -2.58. The molecule has 1 heterocycles. The zero-order valence-electron chi connectivity index (χ0n) is 10.6. The summed E-state index contributed by atoms with van der Waals surface area (Å²) in [6.07, 6.45) is 2.88. The van der Waals surface area contributed by atoms with Crippen LogP contribution in [0.1, 0.15) is 15.9 Å². The number of benzene rings is 1. The quantitative estimate of drug-likeness (QED) is 0.942. The van der Waals surface area contributed by atoms with Crippen LogP contribution in [0.2, 0.25) is 5.02 Å². The molecule has 0 radical (unpaired) electrons. The summed E-state index contributed by atoms with van der Waals surface area (Å²) in [4.78, 5) is 16.0. The zero-order chi connectivity index (χ0) is 14.5. The number of hydrogen-bond donors (Lipinski definition) is 1. The predicted molar refractivity (Wildman–Crippen MR) is 74.9 cm³/mol. The summed E-state index contributed by atoms with van der Waals surface area (Å²) in [5, 5.41) is 11.8. The molecule has 5 nitrogen and oxygen atoms in total. The minimum atomic E-state index is -0.397. The molecule has 0 spiro atoms. The van der Waals surface area contributed by atoms with Crippen LogP contribution in [-0.2, 0) is 0 Å². The third kappa shape index (κ3) is 2.87. The standard InChI is InChI=1S/C14H10ClN3O2/c1-20-13-6-9(7-16)2-3-12(13)18-14(19)10-8-17-5-4-11(10)15/h2-6,8H,1H3,(H,18,19). The number of ether oxygens (including phenoxy) is 1. The van der Waals surface area contributed by atoms with Crippen molar-refractivity contribution >= 4 is 23.2 Å². The summed E-state index contributed by atoms with van der Waals surface area (Å²) in [6.45, 7) is 0. The SMILES string of the molecule is COc1cc(C#N)ccc1NC(=O)c1cnccc1Cl. The minimum absolute atomic E-state index is 0.264. The number of nitriles is 1. The maximum Gasteiger partial charge on any atom is 0.258 e. The fraction of sp³-hybridized carbons (Fsp3) is 0.0714. The van der Waals surface area contributed by atoms with E-state index in [9.17, 15) is 4.79 Å². The molecule has 1 aromatic heterocycles. The summed E-state index contributed by atoms with van der Waals surface area (Å²) in [7, 11) is 1.46. The third-order valence-electron chi connectivity index (χ3n) is 2.59. The van der Waals surface area contributed by atoms with Crippen molar-refractivity contribution in [2.75, 3.05) is 12.4 Å². The lowest BCUT2D eigenvalue weighted by Gasteiger charge is -2.10. The smallest absolute Gasteiger partial charge is 0.258 e. The fourth-order valence-corrected chi connectivity index (χ4v) is 1.79. The van der Waals surface area contributed by atoms with Gasteiger partial charge in [0.15, 0.2) is 0 Å². The number of carbonyl (C=O) groups excluding carboxylic acids is 1. The first-order chi connectivity index (χ1) is 9.65. The van der Waals surface area contributed by atoms with Crippen LogP contribution in [0.3, 0.4) is 0 Å². The first-order valence-electron chi connectivity index (χ1n) is 5.64. The van der Waals surface area contributed by atoms with E-state index in [4.69, 9.17) is 21.6 Å². The van der Waals surface area contributed by atoms with Crippen molar-refractivity contribution in [3.8, 4) is 11.8 Å². The van der Waals surface area contributed by atoms with Gasteiger partial charge in [-0.05, 0) is 18.2 Å². The molecule has 0 aliphatic rings. The predicted octanol–water partition coefficient (Wildman–Crippen LogP) is 2.87. The van der Waals surface area contributed by atoms with E-state index in [2.05, 4.69) is 10.3 Å². The molecule has 0 saturated heterocycles. The number of carbonyl (C=O) groups is 1. The Balaban J connectivity index is 2.29. The summed E-state index contributed by atoms with van der Waals surface area (Å²) in [5.74, 6) is 0.00326. The Morgan fingerprint density at radius 3 is 2.90 bits per heavy atom. The van der Waals surface area contributed by atoms with Crippen LogP contribution >= 0.6 is 11.6 Å². The van der Waals surface area contributed by atoms with Crippen molar-refractivity contribution in [2.45, 2.75) is 0 Å². The topological polar surface area (TPSA) is 75.0 Å². The number of rotatable bonds is 3. The molecular formula is C14H10ClN3O2. The van der Waals surface area contributed by atoms with Gasteiger partial charge in [-0.2, -0.15) is 5.26 Å². The molecule has 0 aliphatic carbocycles. The largest absolute Gasteiger partial charge is 0.495 e. The normalized spacial score (nSPS) is 9.65. The van der Waals surface area contributed by atoms with E-state index in [-0.39, 0.29) is 5.56 Å². The van der Waals surface area contributed by atoms with Crippen LogP contribution in [0.5, 0.6) is 5.75 Å². The van der Waals surface area contributed by atoms with Crippen LogP contribution < -0.4 is 10.1 Å². The molecule has 0 fully saturated rings. The van der Waals surface area contributed by atoms with Crippen molar-refractivity contribution in [3.63, 3.8) is 0 Å². The van der Waals surface area contributed by atoms with E-state index in [1.165, 1.54) is 25.6 Å². The second-order valence-electron chi connectivity index (χ2n) is 3.84. The highest BCUT2D eigenvalue weighted by Crippen LogP contribution is 2.26. The van der Waals surface area contributed by atoms with E-state index < -0.39 is 5.91 Å². The second-order valence-corrected chi connectivity index (χ2v) is 4.24. The van der Waals surface area contributed by atoms with Gasteiger partial charge in [0.1, 0.15) is 5.75 Å². The molecule has 1 amide bonds. The zero-order valence-corrected chi connectivity index (χ0v) is 11.3. The maximum absolute atomic E-state index is 12.1. The number of amides is 1. The van der Waals surface area contributed by atoms with Crippen molar-refractivity contribution in [1.82, 2.24) is 4.98 Å². The van der Waals surface area contributed by atoms with Crippen LogP contribution in [0, 0.1) is 11.3 Å². The number of nitrogens with one attached hydrogen (secondary N) is 1. The number of hydrogen-bond acceptors (Lipinski definition) is 4. The molecule has 0 atom stereocenters. The van der Waals surface area contributed by atoms with Gasteiger partial charge in [-0.15, -0.1) is 0 Å². The Labute approximate surface area is 120 Å². The molecule has 20 heavy (non-hydrogen) atoms. The summed E-state index contributed by atoms with van der Waals surface area (Å²) in [5.41, 5.74) is 1.16. The van der Waals surface area contributed by atoms with Crippen molar-refractivity contribution in [1.29, 1.82) is 5.26 Å². The van der Waals surface area contributed by atoms with E-state index in [0.717, 1.165) is 0 Å². The first-order valence-corrected chi connectivity index (χ1v) is 6.02. The number of anilines is 1. The summed E-state index contributed by atoms with van der Waals surface area (Å²) in [6, 6.07) is 8.26.